The van der Waals surface area contributed by atoms with Gasteiger partial charge in [-0.25, -0.2) is 8.42 Å². The van der Waals surface area contributed by atoms with Crippen molar-refractivity contribution >= 4 is 27.4 Å². The lowest BCUT2D eigenvalue weighted by molar-refractivity contribution is -0.116. The van der Waals surface area contributed by atoms with Crippen LogP contribution in [0.25, 0.3) is 0 Å². The van der Waals surface area contributed by atoms with E-state index in [2.05, 4.69) is 5.32 Å². The predicted molar refractivity (Wildman–Crippen MR) is 110 cm³/mol. The Balaban J connectivity index is 1.97. The molecule has 0 bridgehead atoms. The highest BCUT2D eigenvalue weighted by Gasteiger charge is 2.21. The third-order valence-corrected chi connectivity index (χ3v) is 6.52. The van der Waals surface area contributed by atoms with E-state index in [0.717, 1.165) is 5.56 Å². The molecule has 6 nitrogen and oxygen atoms in total. The summed E-state index contributed by atoms with van der Waals surface area (Å²) in [5.74, 6) is -0.226. The molecule has 7 heteroatoms. The Morgan fingerprint density at radius 1 is 1.00 bits per heavy atom. The van der Waals surface area contributed by atoms with Crippen LogP contribution in [0.1, 0.15) is 43.1 Å². The molecule has 0 saturated carbocycles. The van der Waals surface area contributed by atoms with E-state index in [4.69, 9.17) is 0 Å². The molecule has 0 saturated heterocycles. The normalized spacial score (nSPS) is 11.4. The van der Waals surface area contributed by atoms with Gasteiger partial charge in [0, 0.05) is 30.8 Å². The fourth-order valence-corrected chi connectivity index (χ4v) is 4.30. The summed E-state index contributed by atoms with van der Waals surface area (Å²) in [6.45, 7) is 5.93. The largest absolute Gasteiger partial charge is 0.326 e. The van der Waals surface area contributed by atoms with Crippen LogP contribution in [0, 0.1) is 0 Å². The molecule has 0 heterocycles. The molecule has 2 aromatic rings. The Bertz CT molecular complexity index is 933. The van der Waals surface area contributed by atoms with Crippen LogP contribution in [0.2, 0.25) is 0 Å². The van der Waals surface area contributed by atoms with Crippen LogP contribution in [0.3, 0.4) is 0 Å². The minimum atomic E-state index is -3.47. The van der Waals surface area contributed by atoms with E-state index in [0.29, 0.717) is 30.8 Å². The number of nitrogens with one attached hydrogen (secondary N) is 1. The summed E-state index contributed by atoms with van der Waals surface area (Å²) in [6, 6.07) is 13.4. The Labute approximate surface area is 166 Å². The maximum atomic E-state index is 12.5. The molecular weight excluding hydrogens is 376 g/mol. The molecule has 0 aromatic heterocycles. The molecule has 1 N–H and O–H groups in total. The Morgan fingerprint density at radius 3 is 2.21 bits per heavy atom. The van der Waals surface area contributed by atoms with Crippen molar-refractivity contribution < 1.29 is 18.0 Å². The lowest BCUT2D eigenvalue weighted by Crippen LogP contribution is -2.30. The number of carbonyl (C=O) groups is 2. The van der Waals surface area contributed by atoms with Gasteiger partial charge in [-0.15, -0.1) is 0 Å². The molecule has 150 valence electrons. The summed E-state index contributed by atoms with van der Waals surface area (Å²) in [5.41, 5.74) is 2.01. The second kappa shape index (κ2) is 9.61. The van der Waals surface area contributed by atoms with Gasteiger partial charge >= 0.3 is 0 Å². The molecule has 2 rings (SSSR count). The first-order valence-corrected chi connectivity index (χ1v) is 10.7. The molecule has 0 atom stereocenters. The lowest BCUT2D eigenvalue weighted by atomic mass is 10.1. The van der Waals surface area contributed by atoms with Crippen LogP contribution in [-0.2, 0) is 21.2 Å². The van der Waals surface area contributed by atoms with Crippen molar-refractivity contribution in [3.8, 4) is 0 Å². The van der Waals surface area contributed by atoms with Crippen LogP contribution in [0.4, 0.5) is 5.69 Å². The van der Waals surface area contributed by atoms with Crippen molar-refractivity contribution in [3.63, 3.8) is 0 Å². The smallest absolute Gasteiger partial charge is 0.243 e. The van der Waals surface area contributed by atoms with Crippen molar-refractivity contribution in [3.05, 3.63) is 59.7 Å². The minimum Gasteiger partial charge on any atom is -0.326 e. The number of aryl methyl sites for hydroxylation is 1. The van der Waals surface area contributed by atoms with Crippen molar-refractivity contribution in [2.45, 2.75) is 38.5 Å². The number of rotatable bonds is 9. The number of carbonyl (C=O) groups excluding carboxylic acids is 2. The van der Waals surface area contributed by atoms with Crippen LogP contribution >= 0.6 is 0 Å². The van der Waals surface area contributed by atoms with E-state index in [1.807, 2.05) is 0 Å². The predicted octanol–water partition coefficient (Wildman–Crippen LogP) is 3.49. The molecule has 0 aliphatic heterocycles. The third-order valence-electron chi connectivity index (χ3n) is 4.46. The number of Topliss-reactive ketones (excluding diaryl/α,β-unsaturated/α-hetero) is 1. The first-order chi connectivity index (χ1) is 13.3. The average Bonchev–Trinajstić information content (AvgIpc) is 2.67. The summed E-state index contributed by atoms with van der Waals surface area (Å²) >= 11 is 0. The second-order valence-electron chi connectivity index (χ2n) is 6.42. The van der Waals surface area contributed by atoms with Gasteiger partial charge in [0.05, 0.1) is 4.90 Å². The van der Waals surface area contributed by atoms with E-state index >= 15 is 0 Å². The number of benzene rings is 2. The van der Waals surface area contributed by atoms with E-state index in [-0.39, 0.29) is 23.0 Å². The average molecular weight is 403 g/mol. The van der Waals surface area contributed by atoms with Crippen molar-refractivity contribution in [2.24, 2.45) is 0 Å². The molecule has 0 spiro atoms. The van der Waals surface area contributed by atoms with Crippen LogP contribution in [0.5, 0.6) is 0 Å². The summed E-state index contributed by atoms with van der Waals surface area (Å²) in [7, 11) is -3.47. The number of nitrogens with zero attached hydrogens (tertiary/aromatic N) is 1. The minimum absolute atomic E-state index is 0.0594. The van der Waals surface area contributed by atoms with Crippen molar-refractivity contribution in [1.29, 1.82) is 0 Å². The maximum absolute atomic E-state index is 12.5. The Morgan fingerprint density at radius 2 is 1.64 bits per heavy atom. The zero-order valence-corrected chi connectivity index (χ0v) is 17.3. The highest BCUT2D eigenvalue weighted by Crippen LogP contribution is 2.17. The molecule has 0 unspecified atom stereocenters. The SMILES string of the molecule is CCN(CC)S(=O)(=O)c1ccc(CCC(=O)Nc2cccc(C(C)=O)c2)cc1. The van der Waals surface area contributed by atoms with Crippen LogP contribution in [0.15, 0.2) is 53.4 Å². The van der Waals surface area contributed by atoms with Crippen LogP contribution in [-0.4, -0.2) is 37.5 Å². The zero-order valence-electron chi connectivity index (χ0n) is 16.4. The summed E-state index contributed by atoms with van der Waals surface area (Å²) in [6.07, 6.45) is 0.746. The monoisotopic (exact) mass is 402 g/mol. The van der Waals surface area contributed by atoms with Gasteiger partial charge in [0.25, 0.3) is 0 Å². The zero-order chi connectivity index (χ0) is 20.7. The Hall–Kier alpha value is -2.51. The number of sulfonamides is 1. The van der Waals surface area contributed by atoms with E-state index in [9.17, 15) is 18.0 Å². The van der Waals surface area contributed by atoms with E-state index in [1.54, 1.807) is 62.4 Å². The van der Waals surface area contributed by atoms with Gasteiger partial charge in [0.1, 0.15) is 0 Å². The molecule has 0 radical (unpaired) electrons. The molecule has 28 heavy (non-hydrogen) atoms. The van der Waals surface area contributed by atoms with Gasteiger partial charge in [-0.05, 0) is 43.2 Å². The molecule has 0 aliphatic rings. The van der Waals surface area contributed by atoms with Gasteiger partial charge < -0.3 is 5.32 Å². The molecule has 2 aromatic carbocycles. The van der Waals surface area contributed by atoms with Crippen LogP contribution < -0.4 is 5.32 Å². The van der Waals surface area contributed by atoms with Gasteiger partial charge in [-0.2, -0.15) is 4.31 Å². The Kier molecular flexibility index (Phi) is 7.48. The second-order valence-corrected chi connectivity index (χ2v) is 8.36. The van der Waals surface area contributed by atoms with Gasteiger partial charge in [0.2, 0.25) is 15.9 Å². The number of ketones is 1. The summed E-state index contributed by atoms with van der Waals surface area (Å²) in [5, 5.41) is 2.78. The fraction of sp³-hybridized carbons (Fsp3) is 0.333. The number of hydrogen-bond donors (Lipinski definition) is 1. The van der Waals surface area contributed by atoms with E-state index < -0.39 is 10.0 Å². The number of amides is 1. The third kappa shape index (κ3) is 5.50. The maximum Gasteiger partial charge on any atom is 0.243 e. The fourth-order valence-electron chi connectivity index (χ4n) is 2.84. The number of hydrogen-bond acceptors (Lipinski definition) is 4. The summed E-state index contributed by atoms with van der Waals surface area (Å²) in [4.78, 5) is 23.8. The van der Waals surface area contributed by atoms with Crippen molar-refractivity contribution in [2.75, 3.05) is 18.4 Å². The quantitative estimate of drug-likeness (QED) is 0.651. The van der Waals surface area contributed by atoms with Gasteiger partial charge in [0.15, 0.2) is 5.78 Å². The lowest BCUT2D eigenvalue weighted by Gasteiger charge is -2.18. The molecule has 0 fully saturated rings. The summed E-state index contributed by atoms with van der Waals surface area (Å²) < 4.78 is 26.4. The van der Waals surface area contributed by atoms with E-state index in [1.165, 1.54) is 11.2 Å². The first kappa shape index (κ1) is 21.8. The highest BCUT2D eigenvalue weighted by atomic mass is 32.2. The molecule has 1 amide bonds. The number of anilines is 1. The molecule has 0 aliphatic carbocycles. The highest BCUT2D eigenvalue weighted by molar-refractivity contribution is 7.89. The topological polar surface area (TPSA) is 83.6 Å². The van der Waals surface area contributed by atoms with Crippen molar-refractivity contribution in [1.82, 2.24) is 4.31 Å². The first-order valence-electron chi connectivity index (χ1n) is 9.27. The molecular formula is C21H26N2O4S. The van der Waals surface area contributed by atoms with Gasteiger partial charge in [-0.3, -0.25) is 9.59 Å². The standard InChI is InChI=1S/C21H26N2O4S/c1-4-23(5-2)28(26,27)20-12-9-17(10-13-20)11-14-21(25)22-19-8-6-7-18(15-19)16(3)24/h6-10,12-13,15H,4-5,11,14H2,1-3H3,(H,22,25). The van der Waals surface area contributed by atoms with Gasteiger partial charge in [-0.1, -0.05) is 38.1 Å².